The third-order valence-corrected chi connectivity index (χ3v) is 7.19. The molecule has 32 heavy (non-hydrogen) atoms. The second-order valence-corrected chi connectivity index (χ2v) is 9.65. The number of piperidine rings is 1. The summed E-state index contributed by atoms with van der Waals surface area (Å²) in [6.07, 6.45) is 14.4. The summed E-state index contributed by atoms with van der Waals surface area (Å²) in [5.74, 6) is 0.714. The third kappa shape index (κ3) is 5.60. The molecule has 1 aliphatic carbocycles. The number of fused-ring (bicyclic) bond motifs is 1. The second kappa shape index (κ2) is 11.1. The number of allylic oxidation sites excluding steroid dienone is 3. The van der Waals surface area contributed by atoms with Gasteiger partial charge < -0.3 is 9.47 Å². The van der Waals surface area contributed by atoms with Crippen LogP contribution in [0.1, 0.15) is 51.0 Å². The number of nitrogens with zero attached hydrogens (tertiary/aromatic N) is 3. The van der Waals surface area contributed by atoms with Crippen molar-refractivity contribution in [3.63, 3.8) is 0 Å². The van der Waals surface area contributed by atoms with Gasteiger partial charge in [-0.3, -0.25) is 9.69 Å². The summed E-state index contributed by atoms with van der Waals surface area (Å²) in [7, 11) is 2.15. The minimum Gasteiger partial charge on any atom is -0.307 e. The molecule has 2 aromatic rings. The maximum Gasteiger partial charge on any atom is 0.255 e. The zero-order valence-corrected chi connectivity index (χ0v) is 19.9. The Bertz CT molecular complexity index is 1010. The van der Waals surface area contributed by atoms with Gasteiger partial charge in [0.15, 0.2) is 0 Å². The van der Waals surface area contributed by atoms with Gasteiger partial charge in [0.05, 0.1) is 5.52 Å². The normalized spacial score (nSPS) is 18.7. The minimum atomic E-state index is 0.176. The van der Waals surface area contributed by atoms with Gasteiger partial charge in [-0.1, -0.05) is 54.8 Å². The van der Waals surface area contributed by atoms with Gasteiger partial charge >= 0.3 is 0 Å². The average molecular weight is 434 g/mol. The second-order valence-electron chi connectivity index (χ2n) is 9.65. The molecule has 0 unspecified atom stereocenters. The van der Waals surface area contributed by atoms with Crippen LogP contribution in [-0.4, -0.2) is 47.6 Å². The zero-order valence-electron chi connectivity index (χ0n) is 19.9. The van der Waals surface area contributed by atoms with Crippen molar-refractivity contribution in [1.82, 2.24) is 14.4 Å². The fourth-order valence-corrected chi connectivity index (χ4v) is 5.12. The van der Waals surface area contributed by atoms with Crippen LogP contribution in [0, 0.1) is 5.92 Å². The van der Waals surface area contributed by atoms with E-state index in [-0.39, 0.29) is 5.56 Å². The zero-order chi connectivity index (χ0) is 22.3. The Balaban J connectivity index is 1.53. The molecular weight excluding hydrogens is 394 g/mol. The van der Waals surface area contributed by atoms with Crippen molar-refractivity contribution < 1.29 is 0 Å². The maximum absolute atomic E-state index is 13.5. The van der Waals surface area contributed by atoms with E-state index in [0.29, 0.717) is 12.5 Å². The number of hydrogen-bond acceptors (Lipinski definition) is 3. The molecule has 4 rings (SSSR count). The van der Waals surface area contributed by atoms with Crippen LogP contribution >= 0.6 is 0 Å². The van der Waals surface area contributed by atoms with Gasteiger partial charge in [0, 0.05) is 31.7 Å². The molecule has 0 N–H and O–H groups in total. The van der Waals surface area contributed by atoms with Crippen LogP contribution < -0.4 is 5.56 Å². The van der Waals surface area contributed by atoms with Gasteiger partial charge in [0.1, 0.15) is 0 Å². The Morgan fingerprint density at radius 2 is 1.88 bits per heavy atom. The highest BCUT2D eigenvalue weighted by molar-refractivity contribution is 5.79. The van der Waals surface area contributed by atoms with Gasteiger partial charge in [-0.15, -0.1) is 0 Å². The first-order valence-corrected chi connectivity index (χ1v) is 12.5. The highest BCUT2D eigenvalue weighted by atomic mass is 16.1. The lowest BCUT2D eigenvalue weighted by atomic mass is 9.79. The Morgan fingerprint density at radius 3 is 2.59 bits per heavy atom. The van der Waals surface area contributed by atoms with E-state index in [1.165, 1.54) is 44.1 Å². The van der Waals surface area contributed by atoms with Crippen molar-refractivity contribution in [2.45, 2.75) is 58.5 Å². The van der Waals surface area contributed by atoms with Crippen molar-refractivity contribution in [3.8, 4) is 0 Å². The number of likely N-dealkylation sites (tertiary alicyclic amines) is 1. The number of aromatic nitrogens is 1. The van der Waals surface area contributed by atoms with Gasteiger partial charge in [-0.25, -0.2) is 0 Å². The summed E-state index contributed by atoms with van der Waals surface area (Å²) < 4.78 is 2.02. The molecule has 1 aromatic carbocycles. The standard InChI is InChI=1S/C28H39N3O/c1-3-4-11-25(23-13-10-14-23)21-29(2)22-26-20-24-12-6-7-15-27(24)31(28(26)32)19-18-30-16-8-5-9-17-30/h3-4,6-7,11-12,15,20,23H,5,8-10,13-14,16-19,21-22H2,1-2H3/b4-3-,25-11-. The molecular formula is C28H39N3O. The Labute approximate surface area is 193 Å². The molecule has 0 spiro atoms. The van der Waals surface area contributed by atoms with Gasteiger partial charge in [0.25, 0.3) is 5.56 Å². The van der Waals surface area contributed by atoms with E-state index in [9.17, 15) is 4.79 Å². The molecule has 0 radical (unpaired) electrons. The first-order chi connectivity index (χ1) is 15.7. The van der Waals surface area contributed by atoms with Crippen LogP contribution in [0.2, 0.25) is 0 Å². The molecule has 4 nitrogen and oxygen atoms in total. The van der Waals surface area contributed by atoms with E-state index in [0.717, 1.165) is 49.2 Å². The molecule has 0 amide bonds. The number of benzene rings is 1. The highest BCUT2D eigenvalue weighted by Gasteiger charge is 2.22. The molecule has 0 atom stereocenters. The van der Waals surface area contributed by atoms with Crippen LogP contribution in [0.4, 0.5) is 0 Å². The summed E-state index contributed by atoms with van der Waals surface area (Å²) in [6, 6.07) is 10.5. The number of likely N-dealkylation sites (N-methyl/N-ethyl adjacent to an activating group) is 1. The molecule has 172 valence electrons. The summed E-state index contributed by atoms with van der Waals surface area (Å²) in [5.41, 5.74) is 3.64. The fraction of sp³-hybridized carbons (Fsp3) is 0.536. The molecule has 1 saturated carbocycles. The Hall–Kier alpha value is -2.17. The molecule has 0 bridgehead atoms. The van der Waals surface area contributed by atoms with Crippen LogP contribution in [0.15, 0.2) is 58.9 Å². The van der Waals surface area contributed by atoms with Crippen molar-refractivity contribution in [2.24, 2.45) is 5.92 Å². The van der Waals surface area contributed by atoms with Crippen LogP contribution in [-0.2, 0) is 13.1 Å². The summed E-state index contributed by atoms with van der Waals surface area (Å²) in [5, 5.41) is 1.16. The number of hydrogen-bond donors (Lipinski definition) is 0. The molecule has 1 aliphatic heterocycles. The average Bonchev–Trinajstić information content (AvgIpc) is 2.77. The Kier molecular flexibility index (Phi) is 7.99. The fourth-order valence-electron chi connectivity index (χ4n) is 5.12. The maximum atomic E-state index is 13.5. The lowest BCUT2D eigenvalue weighted by molar-refractivity contribution is 0.220. The number of para-hydroxylation sites is 1. The molecule has 4 heteroatoms. The molecule has 2 fully saturated rings. The first kappa shape index (κ1) is 23.0. The monoisotopic (exact) mass is 433 g/mol. The van der Waals surface area contributed by atoms with Crippen molar-refractivity contribution >= 4 is 10.9 Å². The SMILES string of the molecule is C/C=C\C=C(\CN(C)Cc1cc2ccccc2n(CCN2CCCCC2)c1=O)C1CCC1. The van der Waals surface area contributed by atoms with Crippen LogP contribution in [0.5, 0.6) is 0 Å². The van der Waals surface area contributed by atoms with Crippen molar-refractivity contribution in [3.05, 3.63) is 70.1 Å². The van der Waals surface area contributed by atoms with E-state index in [1.54, 1.807) is 0 Å². The Morgan fingerprint density at radius 1 is 1.09 bits per heavy atom. The smallest absolute Gasteiger partial charge is 0.255 e. The van der Waals surface area contributed by atoms with Gasteiger partial charge in [-0.2, -0.15) is 0 Å². The van der Waals surface area contributed by atoms with E-state index in [2.05, 4.69) is 66.3 Å². The molecule has 2 aliphatic rings. The quantitative estimate of drug-likeness (QED) is 0.508. The van der Waals surface area contributed by atoms with Gasteiger partial charge in [0.2, 0.25) is 0 Å². The highest BCUT2D eigenvalue weighted by Crippen LogP contribution is 2.33. The minimum absolute atomic E-state index is 0.176. The lowest BCUT2D eigenvalue weighted by Gasteiger charge is -2.31. The molecule has 2 heterocycles. The van der Waals surface area contributed by atoms with Gasteiger partial charge in [-0.05, 0) is 76.2 Å². The topological polar surface area (TPSA) is 28.5 Å². The van der Waals surface area contributed by atoms with Crippen molar-refractivity contribution in [2.75, 3.05) is 33.2 Å². The van der Waals surface area contributed by atoms with E-state index < -0.39 is 0 Å². The third-order valence-electron chi connectivity index (χ3n) is 7.19. The number of rotatable bonds is 9. The van der Waals surface area contributed by atoms with Crippen LogP contribution in [0.3, 0.4) is 0 Å². The first-order valence-electron chi connectivity index (χ1n) is 12.5. The van der Waals surface area contributed by atoms with E-state index in [4.69, 9.17) is 0 Å². The summed E-state index contributed by atoms with van der Waals surface area (Å²) in [4.78, 5) is 18.4. The number of pyridine rings is 1. The predicted octanol–water partition coefficient (Wildman–Crippen LogP) is 5.22. The lowest BCUT2D eigenvalue weighted by Crippen LogP contribution is -2.36. The molecule has 1 aromatic heterocycles. The van der Waals surface area contributed by atoms with E-state index in [1.807, 2.05) is 10.6 Å². The van der Waals surface area contributed by atoms with Crippen LogP contribution in [0.25, 0.3) is 10.9 Å². The largest absolute Gasteiger partial charge is 0.307 e. The summed E-state index contributed by atoms with van der Waals surface area (Å²) >= 11 is 0. The summed E-state index contributed by atoms with van der Waals surface area (Å²) in [6.45, 7) is 7.74. The predicted molar refractivity (Wildman–Crippen MR) is 135 cm³/mol. The molecule has 1 saturated heterocycles. The van der Waals surface area contributed by atoms with E-state index >= 15 is 0 Å². The van der Waals surface area contributed by atoms with Crippen molar-refractivity contribution in [1.29, 1.82) is 0 Å².